The lowest BCUT2D eigenvalue weighted by molar-refractivity contribution is -0.956. The first-order chi connectivity index (χ1) is 13.0. The summed E-state index contributed by atoms with van der Waals surface area (Å²) in [6.07, 6.45) is 2.01. The first-order valence-electron chi connectivity index (χ1n) is 9.36. The summed E-state index contributed by atoms with van der Waals surface area (Å²) in [7, 11) is 9.18. The third-order valence-electron chi connectivity index (χ3n) is 6.33. The molecule has 2 aromatic rings. The van der Waals surface area contributed by atoms with Crippen LogP contribution in [0.1, 0.15) is 28.3 Å². The van der Waals surface area contributed by atoms with Gasteiger partial charge in [-0.15, -0.1) is 0 Å². The molecule has 0 saturated heterocycles. The van der Waals surface area contributed by atoms with Crippen molar-refractivity contribution >= 4 is 0 Å². The zero-order chi connectivity index (χ0) is 19.2. The highest BCUT2D eigenvalue weighted by molar-refractivity contribution is 5.53. The Hall–Kier alpha value is -1.92. The quantitative estimate of drug-likeness (QED) is 0.637. The number of quaternary nitrogens is 1. The van der Waals surface area contributed by atoms with Gasteiger partial charge in [-0.3, -0.25) is 0 Å². The van der Waals surface area contributed by atoms with Gasteiger partial charge in [0, 0.05) is 18.4 Å². The lowest BCUT2D eigenvalue weighted by Crippen LogP contribution is -3.00. The van der Waals surface area contributed by atoms with Gasteiger partial charge in [-0.1, -0.05) is 6.07 Å². The molecule has 1 unspecified atom stereocenters. The summed E-state index contributed by atoms with van der Waals surface area (Å²) in [6.45, 7) is 2.03. The van der Waals surface area contributed by atoms with E-state index < -0.39 is 0 Å². The smallest absolute Gasteiger partial charge is 0.169 e. The van der Waals surface area contributed by atoms with Crippen molar-refractivity contribution in [2.75, 3.05) is 42.0 Å². The Labute approximate surface area is 177 Å². The van der Waals surface area contributed by atoms with E-state index in [2.05, 4.69) is 25.2 Å². The Morgan fingerprint density at radius 3 is 2.18 bits per heavy atom. The van der Waals surface area contributed by atoms with Crippen molar-refractivity contribution in [2.45, 2.75) is 25.4 Å². The minimum atomic E-state index is 0. The summed E-state index contributed by atoms with van der Waals surface area (Å²) in [5.74, 6) is 3.31. The Morgan fingerprint density at radius 2 is 1.54 bits per heavy atom. The molecule has 4 rings (SSSR count). The molecule has 0 spiro atoms. The van der Waals surface area contributed by atoms with Gasteiger partial charge in [0.25, 0.3) is 0 Å². The maximum atomic E-state index is 5.72. The van der Waals surface area contributed by atoms with Crippen molar-refractivity contribution in [3.63, 3.8) is 0 Å². The van der Waals surface area contributed by atoms with E-state index in [0.717, 1.165) is 53.4 Å². The van der Waals surface area contributed by atoms with Gasteiger partial charge < -0.3 is 40.4 Å². The van der Waals surface area contributed by atoms with Gasteiger partial charge in [-0.05, 0) is 29.3 Å². The minimum Gasteiger partial charge on any atom is -1.00 e. The van der Waals surface area contributed by atoms with Crippen LogP contribution >= 0.6 is 0 Å². The number of benzene rings is 2. The molecule has 2 heterocycles. The zero-order valence-corrected chi connectivity index (χ0v) is 18.8. The predicted octanol–water partition coefficient (Wildman–Crippen LogP) is 0.525. The lowest BCUT2D eigenvalue weighted by Gasteiger charge is -2.49. The van der Waals surface area contributed by atoms with Crippen molar-refractivity contribution in [3.05, 3.63) is 46.5 Å². The van der Waals surface area contributed by atoms with E-state index >= 15 is 0 Å². The maximum Gasteiger partial charge on any atom is 0.169 e. The summed E-state index contributed by atoms with van der Waals surface area (Å²) in [5.41, 5.74) is 5.37. The molecule has 0 N–H and O–H groups in total. The predicted molar refractivity (Wildman–Crippen MR) is 104 cm³/mol. The molecule has 0 radical (unpaired) electrons. The number of hydrogen-bond donors (Lipinski definition) is 0. The van der Waals surface area contributed by atoms with E-state index in [1.165, 1.54) is 22.3 Å². The van der Waals surface area contributed by atoms with Gasteiger partial charge in [0.1, 0.15) is 12.6 Å². The summed E-state index contributed by atoms with van der Waals surface area (Å²) < 4.78 is 23.3. The fourth-order valence-corrected chi connectivity index (χ4v) is 4.82. The van der Waals surface area contributed by atoms with Crippen LogP contribution in [0.25, 0.3) is 0 Å². The second-order valence-electron chi connectivity index (χ2n) is 7.68. The van der Waals surface area contributed by atoms with Gasteiger partial charge in [0.2, 0.25) is 0 Å². The summed E-state index contributed by atoms with van der Waals surface area (Å²) >= 11 is 0. The standard InChI is InChI=1S/C22H28NO4.BrH/c1-23-9-8-15-11-20(25-3)21(26-4)12-16(15)18(23)10-14-6-7-19(24-2)22(27-5)17(14)13-23;/h6-7,11-12,18H,8-10,13H2,1-5H3;1H/q+1;/p-1/t18-,23?;/m0./s1. The van der Waals surface area contributed by atoms with E-state index in [1.54, 1.807) is 28.4 Å². The second kappa shape index (κ2) is 7.84. The molecule has 6 heteroatoms. The Morgan fingerprint density at radius 1 is 0.857 bits per heavy atom. The van der Waals surface area contributed by atoms with E-state index in [0.29, 0.717) is 6.04 Å². The number of fused-ring (bicyclic) bond motifs is 4. The van der Waals surface area contributed by atoms with E-state index in [4.69, 9.17) is 18.9 Å². The Kier molecular flexibility index (Phi) is 5.82. The topological polar surface area (TPSA) is 36.9 Å². The largest absolute Gasteiger partial charge is 1.00 e. The van der Waals surface area contributed by atoms with Gasteiger partial charge in [0.05, 0.1) is 47.6 Å². The van der Waals surface area contributed by atoms with Crippen LogP contribution in [0, 0.1) is 0 Å². The number of methoxy groups -OCH3 is 4. The maximum absolute atomic E-state index is 5.72. The Balaban J connectivity index is 0.00000225. The third kappa shape index (κ3) is 3.12. The minimum absolute atomic E-state index is 0. The van der Waals surface area contributed by atoms with Crippen molar-refractivity contribution in [1.29, 1.82) is 0 Å². The van der Waals surface area contributed by atoms with Gasteiger partial charge in [-0.2, -0.15) is 0 Å². The zero-order valence-electron chi connectivity index (χ0n) is 17.2. The van der Waals surface area contributed by atoms with Crippen LogP contribution in [0.2, 0.25) is 0 Å². The normalized spacial score (nSPS) is 22.1. The lowest BCUT2D eigenvalue weighted by atomic mass is 9.81. The number of ether oxygens (including phenoxy) is 4. The fourth-order valence-electron chi connectivity index (χ4n) is 4.82. The van der Waals surface area contributed by atoms with E-state index in [-0.39, 0.29) is 17.0 Å². The first-order valence-corrected chi connectivity index (χ1v) is 9.36. The third-order valence-corrected chi connectivity index (χ3v) is 6.33. The average molecular weight is 450 g/mol. The molecule has 28 heavy (non-hydrogen) atoms. The van der Waals surface area contributed by atoms with Gasteiger partial charge >= 0.3 is 0 Å². The average Bonchev–Trinajstić information content (AvgIpc) is 2.70. The van der Waals surface area contributed by atoms with Crippen LogP contribution in [-0.4, -0.2) is 46.5 Å². The summed E-state index contributed by atoms with van der Waals surface area (Å²) in [5, 5.41) is 0. The molecule has 2 aliphatic heterocycles. The highest BCUT2D eigenvalue weighted by Crippen LogP contribution is 2.48. The van der Waals surface area contributed by atoms with E-state index in [1.807, 2.05) is 6.07 Å². The van der Waals surface area contributed by atoms with Crippen molar-refractivity contribution in [3.8, 4) is 23.0 Å². The molecule has 0 amide bonds. The van der Waals surface area contributed by atoms with Crippen molar-refractivity contribution in [2.24, 2.45) is 0 Å². The van der Waals surface area contributed by atoms with Crippen LogP contribution in [0.3, 0.4) is 0 Å². The second-order valence-corrected chi connectivity index (χ2v) is 7.68. The molecule has 0 aromatic heterocycles. The molecular weight excluding hydrogens is 422 g/mol. The number of halogens is 1. The SMILES string of the molecule is COc1cc2c(cc1OC)[C@@H]1Cc3ccc(OC)c(OC)c3C[N+]1(C)CC2.[Br-]. The number of likely N-dealkylation sites (N-methyl/N-ethyl adjacent to an activating group) is 1. The molecule has 2 atom stereocenters. The summed E-state index contributed by atoms with van der Waals surface area (Å²) in [6, 6.07) is 8.95. The van der Waals surface area contributed by atoms with E-state index in [9.17, 15) is 0 Å². The van der Waals surface area contributed by atoms with Gasteiger partial charge in [-0.25, -0.2) is 0 Å². The van der Waals surface area contributed by atoms with Gasteiger partial charge in [0.15, 0.2) is 23.0 Å². The van der Waals surface area contributed by atoms with Crippen LogP contribution in [0.4, 0.5) is 0 Å². The molecule has 2 aliphatic rings. The molecule has 0 aliphatic carbocycles. The monoisotopic (exact) mass is 449 g/mol. The molecule has 0 fully saturated rings. The highest BCUT2D eigenvalue weighted by atomic mass is 79.9. The highest BCUT2D eigenvalue weighted by Gasteiger charge is 2.44. The Bertz CT molecular complexity index is 885. The number of nitrogens with zero attached hydrogens (tertiary/aromatic N) is 1. The molecule has 0 saturated carbocycles. The van der Waals surface area contributed by atoms with Crippen LogP contribution in [-0.2, 0) is 19.4 Å². The van der Waals surface area contributed by atoms with Crippen LogP contribution in [0.15, 0.2) is 24.3 Å². The van der Waals surface area contributed by atoms with Crippen LogP contribution < -0.4 is 35.9 Å². The first kappa shape index (κ1) is 20.8. The van der Waals surface area contributed by atoms with Crippen molar-refractivity contribution < 1.29 is 40.4 Å². The number of hydrogen-bond acceptors (Lipinski definition) is 4. The number of rotatable bonds is 4. The van der Waals surface area contributed by atoms with Crippen molar-refractivity contribution in [1.82, 2.24) is 0 Å². The summed E-state index contributed by atoms with van der Waals surface area (Å²) in [4.78, 5) is 0. The molecule has 5 nitrogen and oxygen atoms in total. The molecular formula is C22H28BrNO4. The molecule has 0 bridgehead atoms. The fraction of sp³-hybridized carbons (Fsp3) is 0.455. The molecule has 152 valence electrons. The molecule has 2 aromatic carbocycles. The van der Waals surface area contributed by atoms with Crippen LogP contribution in [0.5, 0.6) is 23.0 Å².